The highest BCUT2D eigenvalue weighted by Crippen LogP contribution is 2.38. The number of pyridine rings is 1. The number of rotatable bonds is 2. The van der Waals surface area contributed by atoms with E-state index in [1.807, 2.05) is 12.3 Å². The molecular formula is C16H11F3N6S. The molecular weight excluding hydrogens is 365 g/mol. The van der Waals surface area contributed by atoms with E-state index in [0.717, 1.165) is 11.3 Å². The molecule has 6 nitrogen and oxygen atoms in total. The van der Waals surface area contributed by atoms with Crippen LogP contribution in [0.4, 0.5) is 19.1 Å². The van der Waals surface area contributed by atoms with Crippen LogP contribution in [0.15, 0.2) is 29.9 Å². The number of aromatic nitrogens is 5. The van der Waals surface area contributed by atoms with Crippen LogP contribution >= 0.6 is 11.5 Å². The van der Waals surface area contributed by atoms with Gasteiger partial charge in [-0.2, -0.15) is 17.5 Å². The number of hydrogen-bond acceptors (Lipinski definition) is 6. The average Bonchev–Trinajstić information content (AvgIpc) is 3.18. The molecule has 0 radical (unpaired) electrons. The number of anilines is 1. The van der Waals surface area contributed by atoms with Gasteiger partial charge in [-0.25, -0.2) is 15.0 Å². The Hall–Kier alpha value is -3.01. The van der Waals surface area contributed by atoms with E-state index < -0.39 is 11.7 Å². The molecule has 0 fully saturated rings. The summed E-state index contributed by atoms with van der Waals surface area (Å²) < 4.78 is 44.2. The molecule has 132 valence electrons. The fourth-order valence-electron chi connectivity index (χ4n) is 2.70. The maximum atomic E-state index is 13.3. The highest BCUT2D eigenvalue weighted by atomic mass is 32.1. The van der Waals surface area contributed by atoms with Crippen LogP contribution < -0.4 is 5.73 Å². The zero-order chi connectivity index (χ0) is 18.5. The second kappa shape index (κ2) is 5.77. The van der Waals surface area contributed by atoms with Crippen molar-refractivity contribution in [1.82, 2.24) is 24.3 Å². The van der Waals surface area contributed by atoms with Crippen molar-refractivity contribution < 1.29 is 13.2 Å². The smallest absolute Gasteiger partial charge is 0.368 e. The van der Waals surface area contributed by atoms with Gasteiger partial charge in [0, 0.05) is 34.3 Å². The molecule has 0 spiro atoms. The van der Waals surface area contributed by atoms with Gasteiger partial charge in [0.2, 0.25) is 5.95 Å². The molecule has 3 N–H and O–H groups in total. The number of hydrogen-bond donors (Lipinski definition) is 2. The van der Waals surface area contributed by atoms with Crippen molar-refractivity contribution in [2.75, 3.05) is 5.73 Å². The van der Waals surface area contributed by atoms with Crippen molar-refractivity contribution in [3.8, 4) is 22.5 Å². The molecule has 0 saturated carbocycles. The third kappa shape index (κ3) is 2.68. The monoisotopic (exact) mass is 376 g/mol. The van der Waals surface area contributed by atoms with Crippen LogP contribution in [0.5, 0.6) is 0 Å². The van der Waals surface area contributed by atoms with Gasteiger partial charge in [0.05, 0.1) is 17.1 Å². The molecule has 0 aliphatic carbocycles. The van der Waals surface area contributed by atoms with E-state index in [2.05, 4.69) is 24.3 Å². The van der Waals surface area contributed by atoms with E-state index in [4.69, 9.17) is 5.73 Å². The fourth-order valence-corrected chi connectivity index (χ4v) is 3.40. The molecule has 0 atom stereocenters. The normalized spacial score (nSPS) is 12.0. The van der Waals surface area contributed by atoms with Crippen molar-refractivity contribution in [3.63, 3.8) is 0 Å². The Morgan fingerprint density at radius 1 is 1.15 bits per heavy atom. The first-order chi connectivity index (χ1) is 12.3. The number of aryl methyl sites for hydroxylation is 1. The van der Waals surface area contributed by atoms with Gasteiger partial charge in [-0.3, -0.25) is 0 Å². The number of H-pyrrole nitrogens is 1. The lowest BCUT2D eigenvalue weighted by Crippen LogP contribution is -2.10. The fraction of sp³-hybridized carbons (Fsp3) is 0.125. The summed E-state index contributed by atoms with van der Waals surface area (Å²) >= 11 is 1.32. The van der Waals surface area contributed by atoms with Gasteiger partial charge in [0.1, 0.15) is 11.2 Å². The molecule has 4 heterocycles. The zero-order valence-corrected chi connectivity index (χ0v) is 14.1. The van der Waals surface area contributed by atoms with Crippen LogP contribution in [0.3, 0.4) is 0 Å². The van der Waals surface area contributed by atoms with Gasteiger partial charge in [0.25, 0.3) is 0 Å². The van der Waals surface area contributed by atoms with Crippen molar-refractivity contribution in [2.45, 2.75) is 13.1 Å². The van der Waals surface area contributed by atoms with Crippen LogP contribution in [0.1, 0.15) is 11.3 Å². The maximum absolute atomic E-state index is 13.3. The van der Waals surface area contributed by atoms with Gasteiger partial charge in [0.15, 0.2) is 0 Å². The standard InChI is InChI=1S/C16H11F3N6S/c1-7-10(6-26-25-7)12-3-2-8-9(4-21-14(8)23-12)13-11(16(17,18)19)5-22-15(20)24-13/h2-6H,1H3,(H,21,23)(H2,20,22,24). The molecule has 0 aliphatic heterocycles. The van der Waals surface area contributed by atoms with Gasteiger partial charge in [-0.15, -0.1) is 0 Å². The molecule has 4 aromatic heterocycles. The van der Waals surface area contributed by atoms with Crippen LogP contribution in [0, 0.1) is 6.92 Å². The van der Waals surface area contributed by atoms with E-state index in [-0.39, 0.29) is 17.2 Å². The molecule has 4 rings (SSSR count). The summed E-state index contributed by atoms with van der Waals surface area (Å²) in [5.74, 6) is -0.230. The van der Waals surface area contributed by atoms with Crippen molar-refractivity contribution >= 4 is 28.5 Å². The van der Waals surface area contributed by atoms with Crippen LogP contribution in [0.25, 0.3) is 33.5 Å². The predicted molar refractivity (Wildman–Crippen MR) is 92.4 cm³/mol. The Morgan fingerprint density at radius 2 is 1.96 bits per heavy atom. The Kier molecular flexibility index (Phi) is 3.65. The minimum Gasteiger partial charge on any atom is -0.368 e. The molecule has 0 unspecified atom stereocenters. The molecule has 0 aromatic carbocycles. The number of halogens is 3. The molecule has 0 bridgehead atoms. The Labute approximate surface area is 149 Å². The van der Waals surface area contributed by atoms with Gasteiger partial charge in [-0.1, -0.05) is 0 Å². The topological polar surface area (TPSA) is 93.4 Å². The third-order valence-electron chi connectivity index (χ3n) is 3.93. The first-order valence-electron chi connectivity index (χ1n) is 7.44. The molecule has 4 aromatic rings. The number of fused-ring (bicyclic) bond motifs is 1. The first kappa shape index (κ1) is 16.5. The molecule has 10 heteroatoms. The van der Waals surface area contributed by atoms with Gasteiger partial charge in [-0.05, 0) is 30.6 Å². The van der Waals surface area contributed by atoms with Gasteiger partial charge >= 0.3 is 6.18 Å². The summed E-state index contributed by atoms with van der Waals surface area (Å²) in [6.07, 6.45) is -2.46. The minimum absolute atomic E-state index is 0.230. The average molecular weight is 376 g/mol. The largest absolute Gasteiger partial charge is 0.419 e. The molecule has 0 aliphatic rings. The molecule has 26 heavy (non-hydrogen) atoms. The lowest BCUT2D eigenvalue weighted by molar-refractivity contribution is -0.137. The molecule has 0 saturated heterocycles. The third-order valence-corrected chi connectivity index (χ3v) is 4.65. The number of nitrogens with two attached hydrogens (primary N) is 1. The minimum atomic E-state index is -4.60. The summed E-state index contributed by atoms with van der Waals surface area (Å²) in [5.41, 5.74) is 7.41. The molecule has 0 amide bonds. The summed E-state index contributed by atoms with van der Waals surface area (Å²) in [7, 11) is 0. The first-order valence-corrected chi connectivity index (χ1v) is 8.28. The van der Waals surface area contributed by atoms with E-state index in [1.54, 1.807) is 12.1 Å². The Balaban J connectivity index is 1.90. The zero-order valence-electron chi connectivity index (χ0n) is 13.3. The van der Waals surface area contributed by atoms with Crippen LogP contribution in [-0.4, -0.2) is 24.3 Å². The number of nitrogens with zero attached hydrogens (tertiary/aromatic N) is 4. The Bertz CT molecular complexity index is 1110. The SMILES string of the molecule is Cc1nscc1-c1ccc2c(-c3nc(N)ncc3C(F)(F)F)c[nH]c2n1. The lowest BCUT2D eigenvalue weighted by atomic mass is 10.1. The van der Waals surface area contributed by atoms with Crippen LogP contribution in [-0.2, 0) is 6.18 Å². The summed E-state index contributed by atoms with van der Waals surface area (Å²) in [6, 6.07) is 3.45. The number of nitrogen functional groups attached to an aromatic ring is 1. The highest BCUT2D eigenvalue weighted by Gasteiger charge is 2.36. The quantitative estimate of drug-likeness (QED) is 0.550. The number of nitrogens with one attached hydrogen (secondary N) is 1. The summed E-state index contributed by atoms with van der Waals surface area (Å²) in [6.45, 7) is 1.87. The van der Waals surface area contributed by atoms with E-state index in [0.29, 0.717) is 22.9 Å². The van der Waals surface area contributed by atoms with Gasteiger partial charge < -0.3 is 10.7 Å². The second-order valence-electron chi connectivity index (χ2n) is 5.60. The van der Waals surface area contributed by atoms with Crippen molar-refractivity contribution in [3.05, 3.63) is 41.2 Å². The summed E-state index contributed by atoms with van der Waals surface area (Å²) in [4.78, 5) is 14.7. The maximum Gasteiger partial charge on any atom is 0.419 e. The van der Waals surface area contributed by atoms with Crippen LogP contribution in [0.2, 0.25) is 0 Å². The van der Waals surface area contributed by atoms with E-state index in [9.17, 15) is 13.2 Å². The number of aromatic amines is 1. The highest BCUT2D eigenvalue weighted by molar-refractivity contribution is 7.04. The van der Waals surface area contributed by atoms with Crippen molar-refractivity contribution in [2.24, 2.45) is 0 Å². The van der Waals surface area contributed by atoms with E-state index in [1.165, 1.54) is 17.7 Å². The number of alkyl halides is 3. The van der Waals surface area contributed by atoms with E-state index >= 15 is 0 Å². The Morgan fingerprint density at radius 3 is 2.65 bits per heavy atom. The van der Waals surface area contributed by atoms with Crippen molar-refractivity contribution in [1.29, 1.82) is 0 Å². The summed E-state index contributed by atoms with van der Waals surface area (Å²) in [5, 5.41) is 2.39. The lowest BCUT2D eigenvalue weighted by Gasteiger charge is -2.11. The predicted octanol–water partition coefficient (Wildman–Crippen LogP) is 4.05. The second-order valence-corrected chi connectivity index (χ2v) is 6.23.